The van der Waals surface area contributed by atoms with Gasteiger partial charge in [0.2, 0.25) is 5.95 Å². The molecule has 4 rings (SSSR count). The highest BCUT2D eigenvalue weighted by Crippen LogP contribution is 2.21. The van der Waals surface area contributed by atoms with E-state index in [1.54, 1.807) is 18.3 Å². The Morgan fingerprint density at radius 1 is 1.09 bits per heavy atom. The van der Waals surface area contributed by atoms with Crippen LogP contribution in [-0.2, 0) is 6.61 Å². The highest BCUT2D eigenvalue weighted by atomic mass is 16.5. The molecule has 0 saturated carbocycles. The fourth-order valence-electron chi connectivity index (χ4n) is 3.25. The molecule has 0 unspecified atom stereocenters. The molecule has 0 aliphatic heterocycles. The summed E-state index contributed by atoms with van der Waals surface area (Å²) in [6.07, 6.45) is 1.62. The zero-order valence-corrected chi connectivity index (χ0v) is 17.9. The molecule has 0 bridgehead atoms. The van der Waals surface area contributed by atoms with Gasteiger partial charge in [0.05, 0.1) is 11.9 Å². The molecule has 1 heterocycles. The van der Waals surface area contributed by atoms with E-state index in [2.05, 4.69) is 20.5 Å². The third-order valence-electron chi connectivity index (χ3n) is 4.90. The number of rotatable bonds is 7. The molecule has 1 aromatic heterocycles. The monoisotopic (exact) mass is 435 g/mol. The van der Waals surface area contributed by atoms with Crippen molar-refractivity contribution in [1.29, 1.82) is 5.26 Å². The Balaban J connectivity index is 1.47. The van der Waals surface area contributed by atoms with Gasteiger partial charge >= 0.3 is 0 Å². The van der Waals surface area contributed by atoms with E-state index in [0.717, 1.165) is 22.4 Å². The molecule has 33 heavy (non-hydrogen) atoms. The number of benzene rings is 3. The van der Waals surface area contributed by atoms with Gasteiger partial charge in [0.25, 0.3) is 5.56 Å². The Hall–Kier alpha value is -4.70. The lowest BCUT2D eigenvalue weighted by atomic mass is 10.1. The number of nitrogens with one attached hydrogen (secondary N) is 2. The van der Waals surface area contributed by atoms with Crippen molar-refractivity contribution in [3.05, 3.63) is 111 Å². The molecular weight excluding hydrogens is 414 g/mol. The number of aromatic nitrogens is 2. The number of anilines is 1. The highest BCUT2D eigenvalue weighted by molar-refractivity contribution is 5.80. The van der Waals surface area contributed by atoms with Gasteiger partial charge in [-0.05, 0) is 41.8 Å². The minimum absolute atomic E-state index is 0.0440. The van der Waals surface area contributed by atoms with E-state index in [0.29, 0.717) is 17.9 Å². The SMILES string of the molecule is Cc1cc(C=NNc2nc(-c3ccccc3)c(C#N)c(=O)[nH]2)ccc1OCc1ccccc1. The lowest BCUT2D eigenvalue weighted by molar-refractivity contribution is 0.304. The number of hydrogen-bond acceptors (Lipinski definition) is 6. The van der Waals surface area contributed by atoms with Gasteiger partial charge < -0.3 is 4.74 Å². The molecule has 7 nitrogen and oxygen atoms in total. The maximum absolute atomic E-state index is 12.3. The van der Waals surface area contributed by atoms with Crippen molar-refractivity contribution in [2.45, 2.75) is 13.5 Å². The number of nitrogens with zero attached hydrogens (tertiary/aromatic N) is 3. The number of aromatic amines is 1. The molecular formula is C26H21N5O2. The van der Waals surface area contributed by atoms with Gasteiger partial charge in [-0.25, -0.2) is 10.4 Å². The summed E-state index contributed by atoms with van der Waals surface area (Å²) in [6.45, 7) is 2.47. The number of hydrogen-bond donors (Lipinski definition) is 2. The van der Waals surface area contributed by atoms with E-state index >= 15 is 0 Å². The van der Waals surface area contributed by atoms with Gasteiger partial charge in [0.1, 0.15) is 24.0 Å². The smallest absolute Gasteiger partial charge is 0.270 e. The zero-order valence-electron chi connectivity index (χ0n) is 17.9. The van der Waals surface area contributed by atoms with E-state index < -0.39 is 5.56 Å². The normalized spacial score (nSPS) is 10.7. The predicted octanol–water partition coefficient (Wildman–Crippen LogP) is 4.64. The van der Waals surface area contributed by atoms with Crippen LogP contribution in [0.25, 0.3) is 11.3 Å². The van der Waals surface area contributed by atoms with Gasteiger partial charge in [0.15, 0.2) is 0 Å². The summed E-state index contributed by atoms with van der Waals surface area (Å²) >= 11 is 0. The molecule has 0 atom stereocenters. The van der Waals surface area contributed by atoms with Crippen LogP contribution in [0.15, 0.2) is 88.8 Å². The Morgan fingerprint density at radius 2 is 1.82 bits per heavy atom. The van der Waals surface area contributed by atoms with Crippen LogP contribution >= 0.6 is 0 Å². The summed E-state index contributed by atoms with van der Waals surface area (Å²) in [5, 5.41) is 13.5. The average molecular weight is 435 g/mol. The highest BCUT2D eigenvalue weighted by Gasteiger charge is 2.12. The van der Waals surface area contributed by atoms with Crippen LogP contribution in [0.4, 0.5) is 5.95 Å². The quantitative estimate of drug-likeness (QED) is 0.325. The van der Waals surface area contributed by atoms with Crippen LogP contribution in [0.1, 0.15) is 22.3 Å². The number of hydrazone groups is 1. The maximum Gasteiger partial charge on any atom is 0.270 e. The third kappa shape index (κ3) is 5.32. The standard InChI is InChI=1S/C26H21N5O2/c1-18-14-20(12-13-23(18)33-17-19-8-4-2-5-9-19)16-28-31-26-29-24(21-10-6-3-7-11-21)22(15-27)25(32)30-26/h2-14,16H,17H2,1H3,(H2,29,30,31,32). The van der Waals surface area contributed by atoms with E-state index in [1.807, 2.05) is 79.7 Å². The van der Waals surface area contributed by atoms with Crippen molar-refractivity contribution >= 4 is 12.2 Å². The van der Waals surface area contributed by atoms with E-state index in [4.69, 9.17) is 4.74 Å². The molecule has 0 radical (unpaired) electrons. The number of nitriles is 1. The summed E-state index contributed by atoms with van der Waals surface area (Å²) in [5.41, 5.74) is 6.08. The fraction of sp³-hybridized carbons (Fsp3) is 0.0769. The van der Waals surface area contributed by atoms with Crippen molar-refractivity contribution in [1.82, 2.24) is 9.97 Å². The van der Waals surface area contributed by atoms with Gasteiger partial charge in [-0.3, -0.25) is 9.78 Å². The largest absolute Gasteiger partial charge is 0.489 e. The topological polar surface area (TPSA) is 103 Å². The molecule has 0 saturated heterocycles. The van der Waals surface area contributed by atoms with Crippen LogP contribution in [0.2, 0.25) is 0 Å². The molecule has 0 spiro atoms. The molecule has 0 aliphatic rings. The minimum atomic E-state index is -0.528. The van der Waals surface area contributed by atoms with Crippen LogP contribution in [0.3, 0.4) is 0 Å². The van der Waals surface area contributed by atoms with Crippen molar-refractivity contribution in [3.8, 4) is 23.1 Å². The molecule has 162 valence electrons. The van der Waals surface area contributed by atoms with Crippen molar-refractivity contribution < 1.29 is 4.74 Å². The fourth-order valence-corrected chi connectivity index (χ4v) is 3.25. The maximum atomic E-state index is 12.3. The first-order valence-electron chi connectivity index (χ1n) is 10.3. The first-order valence-corrected chi connectivity index (χ1v) is 10.3. The number of H-pyrrole nitrogens is 1. The summed E-state index contributed by atoms with van der Waals surface area (Å²) in [6, 6.07) is 26.7. The van der Waals surface area contributed by atoms with Gasteiger partial charge in [-0.15, -0.1) is 0 Å². The van der Waals surface area contributed by atoms with Crippen molar-refractivity contribution in [2.75, 3.05) is 5.43 Å². The summed E-state index contributed by atoms with van der Waals surface area (Å²) in [5.74, 6) is 0.947. The van der Waals surface area contributed by atoms with Crippen LogP contribution in [-0.4, -0.2) is 16.2 Å². The van der Waals surface area contributed by atoms with E-state index in [1.165, 1.54) is 0 Å². The second-order valence-electron chi connectivity index (χ2n) is 7.29. The molecule has 0 amide bonds. The van der Waals surface area contributed by atoms with Crippen LogP contribution in [0.5, 0.6) is 5.75 Å². The first-order chi connectivity index (χ1) is 16.1. The second kappa shape index (κ2) is 10.1. The Bertz CT molecular complexity index is 1370. The second-order valence-corrected chi connectivity index (χ2v) is 7.29. The van der Waals surface area contributed by atoms with Gasteiger partial charge in [0, 0.05) is 5.56 Å². The zero-order chi connectivity index (χ0) is 23.0. The Morgan fingerprint density at radius 3 is 2.52 bits per heavy atom. The van der Waals surface area contributed by atoms with Crippen molar-refractivity contribution in [2.24, 2.45) is 5.10 Å². The number of ether oxygens (including phenoxy) is 1. The molecule has 3 aromatic carbocycles. The average Bonchev–Trinajstić information content (AvgIpc) is 2.84. The van der Waals surface area contributed by atoms with E-state index in [9.17, 15) is 10.1 Å². The van der Waals surface area contributed by atoms with Gasteiger partial charge in [-0.1, -0.05) is 60.7 Å². The third-order valence-corrected chi connectivity index (χ3v) is 4.90. The lowest BCUT2D eigenvalue weighted by Gasteiger charge is -2.10. The summed E-state index contributed by atoms with van der Waals surface area (Å²) in [4.78, 5) is 19.2. The molecule has 4 aromatic rings. The molecule has 7 heteroatoms. The molecule has 2 N–H and O–H groups in total. The predicted molar refractivity (Wildman–Crippen MR) is 128 cm³/mol. The molecule has 0 aliphatic carbocycles. The first kappa shape index (κ1) is 21.5. The minimum Gasteiger partial charge on any atom is -0.489 e. The van der Waals surface area contributed by atoms with E-state index in [-0.39, 0.29) is 11.5 Å². The number of aryl methyl sites for hydroxylation is 1. The van der Waals surface area contributed by atoms with Gasteiger partial charge in [-0.2, -0.15) is 10.4 Å². The summed E-state index contributed by atoms with van der Waals surface area (Å²) < 4.78 is 5.91. The lowest BCUT2D eigenvalue weighted by Crippen LogP contribution is -2.16. The van der Waals surface area contributed by atoms with Crippen LogP contribution < -0.4 is 15.7 Å². The van der Waals surface area contributed by atoms with Crippen molar-refractivity contribution in [3.63, 3.8) is 0 Å². The Labute approximate surface area is 191 Å². The molecule has 0 fully saturated rings. The Kier molecular flexibility index (Phi) is 6.57. The summed E-state index contributed by atoms with van der Waals surface area (Å²) in [7, 11) is 0. The van der Waals surface area contributed by atoms with Crippen LogP contribution in [0, 0.1) is 18.3 Å².